The number of methoxy groups -OCH3 is 1. The smallest absolute Gasteiger partial charge is 0.381 e. The molecule has 0 aliphatic carbocycles. The number of Topliss-reactive ketones (excluding diaryl/α,β-unsaturated/α-hetero) is 1. The molecule has 0 bridgehead atoms. The van der Waals surface area contributed by atoms with Crippen LogP contribution in [0.15, 0.2) is 0 Å². The van der Waals surface area contributed by atoms with Gasteiger partial charge >= 0.3 is 6.18 Å². The standard InChI is InChI=1S/C9H13F3O3/c1-14-6-8(4-2-3-5-15-8)7(13)9(10,11)12/h2-6H2,1H3. The Bertz CT molecular complexity index is 226. The van der Waals surface area contributed by atoms with E-state index >= 15 is 0 Å². The first kappa shape index (κ1) is 12.4. The number of hydrogen-bond donors (Lipinski definition) is 0. The molecule has 1 aliphatic rings. The van der Waals surface area contributed by atoms with Gasteiger partial charge in [0.05, 0.1) is 6.61 Å². The number of ketones is 1. The normalized spacial score (nSPS) is 27.7. The molecule has 1 unspecified atom stereocenters. The summed E-state index contributed by atoms with van der Waals surface area (Å²) in [6.45, 7) is -0.170. The Morgan fingerprint density at radius 1 is 1.47 bits per heavy atom. The average Bonchev–Trinajstić information content (AvgIpc) is 2.17. The fourth-order valence-corrected chi connectivity index (χ4v) is 1.70. The van der Waals surface area contributed by atoms with Gasteiger partial charge in [0.2, 0.25) is 0 Å². The van der Waals surface area contributed by atoms with E-state index in [9.17, 15) is 18.0 Å². The molecule has 0 radical (unpaired) electrons. The van der Waals surface area contributed by atoms with Gasteiger partial charge < -0.3 is 9.47 Å². The highest BCUT2D eigenvalue weighted by Crippen LogP contribution is 2.33. The molecule has 1 saturated heterocycles. The summed E-state index contributed by atoms with van der Waals surface area (Å²) in [6.07, 6.45) is -3.57. The van der Waals surface area contributed by atoms with E-state index in [1.165, 1.54) is 7.11 Å². The van der Waals surface area contributed by atoms with Gasteiger partial charge in [-0.2, -0.15) is 13.2 Å². The predicted molar refractivity (Wildman–Crippen MR) is 45.5 cm³/mol. The second-order valence-corrected chi connectivity index (χ2v) is 3.56. The molecule has 1 atom stereocenters. The van der Waals surface area contributed by atoms with Crippen molar-refractivity contribution in [2.24, 2.45) is 0 Å². The van der Waals surface area contributed by atoms with E-state index < -0.39 is 17.6 Å². The lowest BCUT2D eigenvalue weighted by Crippen LogP contribution is -2.53. The van der Waals surface area contributed by atoms with Gasteiger partial charge in [-0.25, -0.2) is 0 Å². The van der Waals surface area contributed by atoms with E-state index in [1.54, 1.807) is 0 Å². The minimum Gasteiger partial charge on any atom is -0.381 e. The van der Waals surface area contributed by atoms with Gasteiger partial charge in [0.1, 0.15) is 0 Å². The number of halogens is 3. The molecule has 1 heterocycles. The van der Waals surface area contributed by atoms with Crippen molar-refractivity contribution >= 4 is 5.78 Å². The predicted octanol–water partition coefficient (Wildman–Crippen LogP) is 1.70. The van der Waals surface area contributed by atoms with Crippen molar-refractivity contribution in [2.45, 2.75) is 31.0 Å². The van der Waals surface area contributed by atoms with E-state index in [1.807, 2.05) is 0 Å². The maximum absolute atomic E-state index is 12.3. The largest absolute Gasteiger partial charge is 0.453 e. The van der Waals surface area contributed by atoms with Gasteiger partial charge in [-0.1, -0.05) is 0 Å². The lowest BCUT2D eigenvalue weighted by atomic mass is 9.90. The number of carbonyl (C=O) groups is 1. The molecule has 15 heavy (non-hydrogen) atoms. The molecule has 0 amide bonds. The molecule has 1 rings (SSSR count). The van der Waals surface area contributed by atoms with Gasteiger partial charge in [0.25, 0.3) is 5.78 Å². The number of carbonyl (C=O) groups excluding carboxylic acids is 1. The van der Waals surface area contributed by atoms with Crippen LogP contribution in [0.4, 0.5) is 13.2 Å². The van der Waals surface area contributed by atoms with Crippen LogP contribution < -0.4 is 0 Å². The Morgan fingerprint density at radius 3 is 2.53 bits per heavy atom. The molecule has 1 aliphatic heterocycles. The molecule has 0 aromatic heterocycles. The number of alkyl halides is 3. The average molecular weight is 226 g/mol. The van der Waals surface area contributed by atoms with Crippen LogP contribution in [0.2, 0.25) is 0 Å². The molecule has 88 valence electrons. The van der Waals surface area contributed by atoms with Crippen molar-refractivity contribution in [1.82, 2.24) is 0 Å². The molecular weight excluding hydrogens is 213 g/mol. The molecule has 6 heteroatoms. The third kappa shape index (κ3) is 2.69. The number of rotatable bonds is 3. The topological polar surface area (TPSA) is 35.5 Å². The zero-order valence-electron chi connectivity index (χ0n) is 8.39. The second kappa shape index (κ2) is 4.49. The quantitative estimate of drug-likeness (QED) is 0.734. The van der Waals surface area contributed by atoms with Crippen LogP contribution in [0.5, 0.6) is 0 Å². The highest BCUT2D eigenvalue weighted by atomic mass is 19.4. The van der Waals surface area contributed by atoms with Crippen LogP contribution in [-0.4, -0.2) is 37.9 Å². The highest BCUT2D eigenvalue weighted by molar-refractivity contribution is 5.92. The first-order chi connectivity index (χ1) is 6.92. The van der Waals surface area contributed by atoms with Crippen LogP contribution in [0.1, 0.15) is 19.3 Å². The monoisotopic (exact) mass is 226 g/mol. The summed E-state index contributed by atoms with van der Waals surface area (Å²) in [5, 5.41) is 0. The second-order valence-electron chi connectivity index (χ2n) is 3.56. The summed E-state index contributed by atoms with van der Waals surface area (Å²) >= 11 is 0. The summed E-state index contributed by atoms with van der Waals surface area (Å²) in [7, 11) is 1.25. The van der Waals surface area contributed by atoms with Gasteiger partial charge in [-0.3, -0.25) is 4.79 Å². The molecule has 3 nitrogen and oxygen atoms in total. The fraction of sp³-hybridized carbons (Fsp3) is 0.889. The van der Waals surface area contributed by atoms with Gasteiger partial charge in [-0.05, 0) is 19.3 Å². The van der Waals surface area contributed by atoms with Gasteiger partial charge in [0, 0.05) is 13.7 Å². The van der Waals surface area contributed by atoms with Crippen molar-refractivity contribution in [2.75, 3.05) is 20.3 Å². The third-order valence-electron chi connectivity index (χ3n) is 2.40. The molecule has 0 N–H and O–H groups in total. The Labute approximate surface area is 85.5 Å². The first-order valence-electron chi connectivity index (χ1n) is 4.67. The Balaban J connectivity index is 2.84. The minimum absolute atomic E-state index is 0.0686. The summed E-state index contributed by atoms with van der Waals surface area (Å²) in [4.78, 5) is 11.2. The number of ether oxygens (including phenoxy) is 2. The molecule has 0 aromatic carbocycles. The first-order valence-corrected chi connectivity index (χ1v) is 4.67. The van der Waals surface area contributed by atoms with Crippen LogP contribution in [-0.2, 0) is 14.3 Å². The van der Waals surface area contributed by atoms with Crippen molar-refractivity contribution in [1.29, 1.82) is 0 Å². The molecule has 1 fully saturated rings. The maximum Gasteiger partial charge on any atom is 0.453 e. The van der Waals surface area contributed by atoms with Crippen molar-refractivity contribution < 1.29 is 27.4 Å². The van der Waals surface area contributed by atoms with Crippen LogP contribution >= 0.6 is 0 Å². The van der Waals surface area contributed by atoms with Gasteiger partial charge in [-0.15, -0.1) is 0 Å². The lowest BCUT2D eigenvalue weighted by molar-refractivity contribution is -0.206. The Hall–Kier alpha value is -0.620. The zero-order valence-corrected chi connectivity index (χ0v) is 8.39. The highest BCUT2D eigenvalue weighted by Gasteiger charge is 2.54. The van der Waals surface area contributed by atoms with Crippen molar-refractivity contribution in [3.8, 4) is 0 Å². The summed E-state index contributed by atoms with van der Waals surface area (Å²) in [5.41, 5.74) is -1.81. The van der Waals surface area contributed by atoms with Crippen molar-refractivity contribution in [3.63, 3.8) is 0 Å². The van der Waals surface area contributed by atoms with E-state index in [2.05, 4.69) is 4.74 Å². The van der Waals surface area contributed by atoms with Crippen LogP contribution in [0, 0.1) is 0 Å². The lowest BCUT2D eigenvalue weighted by Gasteiger charge is -2.35. The van der Waals surface area contributed by atoms with Gasteiger partial charge in [0.15, 0.2) is 5.60 Å². The number of hydrogen-bond acceptors (Lipinski definition) is 3. The summed E-state index contributed by atoms with van der Waals surface area (Å²) < 4.78 is 46.6. The van der Waals surface area contributed by atoms with Crippen LogP contribution in [0.3, 0.4) is 0 Å². The molecular formula is C9H13F3O3. The SMILES string of the molecule is COCC1(C(=O)C(F)(F)F)CCCCO1. The van der Waals surface area contributed by atoms with E-state index in [0.29, 0.717) is 12.8 Å². The summed E-state index contributed by atoms with van der Waals surface area (Å²) in [6, 6.07) is 0. The summed E-state index contributed by atoms with van der Waals surface area (Å²) in [5.74, 6) is -1.84. The molecule has 0 saturated carbocycles. The Kier molecular flexibility index (Phi) is 3.72. The molecule has 0 aromatic rings. The third-order valence-corrected chi connectivity index (χ3v) is 2.40. The minimum atomic E-state index is -4.87. The maximum atomic E-state index is 12.3. The van der Waals surface area contributed by atoms with E-state index in [4.69, 9.17) is 4.74 Å². The van der Waals surface area contributed by atoms with E-state index in [0.717, 1.165) is 0 Å². The zero-order chi connectivity index (χ0) is 11.5. The van der Waals surface area contributed by atoms with Crippen LogP contribution in [0.25, 0.3) is 0 Å². The van der Waals surface area contributed by atoms with E-state index in [-0.39, 0.29) is 19.6 Å². The molecule has 0 spiro atoms. The van der Waals surface area contributed by atoms with Crippen molar-refractivity contribution in [3.05, 3.63) is 0 Å². The fourth-order valence-electron chi connectivity index (χ4n) is 1.70. The Morgan fingerprint density at radius 2 is 2.13 bits per heavy atom.